The monoisotopic (exact) mass is 267 g/mol. The molecule has 0 spiro atoms. The Kier molecular flexibility index (Phi) is 3.96. The Labute approximate surface area is 117 Å². The van der Waals surface area contributed by atoms with Crippen LogP contribution in [0, 0.1) is 11.3 Å². The second-order valence-corrected chi connectivity index (χ2v) is 4.11. The fraction of sp³-hybridized carbons (Fsp3) is 0.133. The molecule has 20 heavy (non-hydrogen) atoms. The van der Waals surface area contributed by atoms with Crippen molar-refractivity contribution in [2.45, 2.75) is 0 Å². The Morgan fingerprint density at radius 3 is 2.60 bits per heavy atom. The smallest absolute Gasteiger partial charge is 0.338 e. The van der Waals surface area contributed by atoms with Crippen molar-refractivity contribution in [3.63, 3.8) is 0 Å². The molecule has 2 rings (SSSR count). The molecule has 1 heterocycles. The van der Waals surface area contributed by atoms with E-state index < -0.39 is 5.97 Å². The minimum Gasteiger partial charge on any atom is -0.465 e. The molecule has 0 aliphatic heterocycles. The zero-order valence-electron chi connectivity index (χ0n) is 11.2. The molecule has 0 aliphatic carbocycles. The van der Waals surface area contributed by atoms with Gasteiger partial charge in [0, 0.05) is 18.9 Å². The number of anilines is 2. The van der Waals surface area contributed by atoms with Crippen molar-refractivity contribution in [3.05, 3.63) is 53.7 Å². The van der Waals surface area contributed by atoms with Gasteiger partial charge in [0.05, 0.1) is 24.3 Å². The molecule has 0 unspecified atom stereocenters. The number of nitrogens with zero attached hydrogens (tertiary/aromatic N) is 3. The molecule has 100 valence electrons. The Bertz CT molecular complexity index is 660. The zero-order chi connectivity index (χ0) is 14.5. The van der Waals surface area contributed by atoms with Crippen molar-refractivity contribution < 1.29 is 9.53 Å². The molecule has 2 aromatic rings. The van der Waals surface area contributed by atoms with E-state index in [-0.39, 0.29) is 0 Å². The van der Waals surface area contributed by atoms with Crippen molar-refractivity contribution in [3.8, 4) is 6.07 Å². The fourth-order valence-electron chi connectivity index (χ4n) is 1.74. The number of benzene rings is 1. The van der Waals surface area contributed by atoms with Gasteiger partial charge in [0.25, 0.3) is 0 Å². The van der Waals surface area contributed by atoms with Gasteiger partial charge in [0.2, 0.25) is 0 Å². The first-order valence-corrected chi connectivity index (χ1v) is 5.94. The highest BCUT2D eigenvalue weighted by atomic mass is 16.5. The lowest BCUT2D eigenvalue weighted by Gasteiger charge is -2.18. The van der Waals surface area contributed by atoms with Crippen molar-refractivity contribution in [2.75, 3.05) is 19.1 Å². The molecule has 0 radical (unpaired) electrons. The third kappa shape index (κ3) is 2.75. The summed E-state index contributed by atoms with van der Waals surface area (Å²) < 4.78 is 4.69. The highest BCUT2D eigenvalue weighted by Gasteiger charge is 2.10. The third-order valence-corrected chi connectivity index (χ3v) is 2.89. The summed E-state index contributed by atoms with van der Waals surface area (Å²) in [7, 11) is 3.18. The van der Waals surface area contributed by atoms with Crippen molar-refractivity contribution in [2.24, 2.45) is 0 Å². The first-order valence-electron chi connectivity index (χ1n) is 5.94. The maximum atomic E-state index is 11.5. The summed E-state index contributed by atoms with van der Waals surface area (Å²) in [6, 6.07) is 12.4. The summed E-state index contributed by atoms with van der Waals surface area (Å²) >= 11 is 0. The van der Waals surface area contributed by atoms with Gasteiger partial charge in [0.15, 0.2) is 0 Å². The number of aromatic nitrogens is 1. The van der Waals surface area contributed by atoms with Crippen LogP contribution in [-0.4, -0.2) is 25.1 Å². The number of pyridine rings is 1. The van der Waals surface area contributed by atoms with Gasteiger partial charge in [-0.25, -0.2) is 9.78 Å². The molecule has 0 N–H and O–H groups in total. The minimum atomic E-state index is -0.401. The molecular weight excluding hydrogens is 254 g/mol. The standard InChI is InChI=1S/C15H13N3O2/c1-18(13-5-3-11(10-16)4-6-13)14-9-12(7-8-17-14)15(19)20-2/h3-9H,1-2H3. The van der Waals surface area contributed by atoms with E-state index >= 15 is 0 Å². The van der Waals surface area contributed by atoms with E-state index in [0.717, 1.165) is 5.69 Å². The molecule has 0 amide bonds. The van der Waals surface area contributed by atoms with Crippen LogP contribution in [0.1, 0.15) is 15.9 Å². The van der Waals surface area contributed by atoms with Gasteiger partial charge in [-0.15, -0.1) is 0 Å². The van der Waals surface area contributed by atoms with Crippen LogP contribution in [0.2, 0.25) is 0 Å². The molecule has 5 heteroatoms. The maximum Gasteiger partial charge on any atom is 0.338 e. The summed E-state index contributed by atoms with van der Waals surface area (Å²) in [6.07, 6.45) is 1.56. The number of ether oxygens (including phenoxy) is 1. The lowest BCUT2D eigenvalue weighted by atomic mass is 10.2. The highest BCUT2D eigenvalue weighted by Crippen LogP contribution is 2.22. The summed E-state index contributed by atoms with van der Waals surface area (Å²) in [5.41, 5.74) is 1.91. The SMILES string of the molecule is COC(=O)c1ccnc(N(C)c2ccc(C#N)cc2)c1. The van der Waals surface area contributed by atoms with E-state index in [9.17, 15) is 4.79 Å². The third-order valence-electron chi connectivity index (χ3n) is 2.89. The fourth-order valence-corrected chi connectivity index (χ4v) is 1.74. The van der Waals surface area contributed by atoms with Crippen LogP contribution in [0.4, 0.5) is 11.5 Å². The first kappa shape index (κ1) is 13.6. The lowest BCUT2D eigenvalue weighted by molar-refractivity contribution is 0.0600. The Hall–Kier alpha value is -2.87. The predicted molar refractivity (Wildman–Crippen MR) is 74.8 cm³/mol. The van der Waals surface area contributed by atoms with Gasteiger partial charge in [0.1, 0.15) is 5.82 Å². The Balaban J connectivity index is 2.30. The average molecular weight is 267 g/mol. The molecule has 0 saturated carbocycles. The van der Waals surface area contributed by atoms with Gasteiger partial charge in [-0.3, -0.25) is 0 Å². The number of hydrogen-bond acceptors (Lipinski definition) is 5. The molecular formula is C15H13N3O2. The molecule has 1 aromatic heterocycles. The number of hydrogen-bond donors (Lipinski definition) is 0. The van der Waals surface area contributed by atoms with Crippen molar-refractivity contribution in [1.82, 2.24) is 4.98 Å². The second-order valence-electron chi connectivity index (χ2n) is 4.11. The summed E-state index contributed by atoms with van der Waals surface area (Å²) in [5, 5.41) is 8.78. The van der Waals surface area contributed by atoms with Gasteiger partial charge >= 0.3 is 5.97 Å². The molecule has 0 aliphatic rings. The Morgan fingerprint density at radius 2 is 2.00 bits per heavy atom. The largest absolute Gasteiger partial charge is 0.465 e. The molecule has 0 atom stereocenters. The average Bonchev–Trinajstić information content (AvgIpc) is 2.53. The van der Waals surface area contributed by atoms with E-state index in [0.29, 0.717) is 16.9 Å². The van der Waals surface area contributed by atoms with Crippen LogP contribution in [0.5, 0.6) is 0 Å². The van der Waals surface area contributed by atoms with Crippen molar-refractivity contribution in [1.29, 1.82) is 5.26 Å². The number of carbonyl (C=O) groups is 1. The van der Waals surface area contributed by atoms with Crippen LogP contribution in [0.15, 0.2) is 42.6 Å². The number of nitriles is 1. The van der Waals surface area contributed by atoms with Crippen LogP contribution < -0.4 is 4.90 Å². The van der Waals surface area contributed by atoms with Gasteiger partial charge in [-0.05, 0) is 36.4 Å². The second kappa shape index (κ2) is 5.85. The van der Waals surface area contributed by atoms with Crippen LogP contribution >= 0.6 is 0 Å². The first-order chi connectivity index (χ1) is 9.65. The quantitative estimate of drug-likeness (QED) is 0.799. The summed E-state index contributed by atoms with van der Waals surface area (Å²) in [5.74, 6) is 0.222. The highest BCUT2D eigenvalue weighted by molar-refractivity contribution is 5.90. The molecule has 5 nitrogen and oxygen atoms in total. The van der Waals surface area contributed by atoms with Crippen LogP contribution in [0.3, 0.4) is 0 Å². The number of carbonyl (C=O) groups excluding carboxylic acids is 1. The number of methoxy groups -OCH3 is 1. The topological polar surface area (TPSA) is 66.2 Å². The van der Waals surface area contributed by atoms with Crippen LogP contribution in [-0.2, 0) is 4.74 Å². The van der Waals surface area contributed by atoms with Gasteiger partial charge < -0.3 is 9.64 Å². The van der Waals surface area contributed by atoms with Crippen molar-refractivity contribution >= 4 is 17.5 Å². The Morgan fingerprint density at radius 1 is 1.30 bits per heavy atom. The summed E-state index contributed by atoms with van der Waals surface area (Å²) in [6.45, 7) is 0. The van der Waals surface area contributed by atoms with E-state index in [2.05, 4.69) is 15.8 Å². The maximum absolute atomic E-state index is 11.5. The normalized spacial score (nSPS) is 9.65. The zero-order valence-corrected chi connectivity index (χ0v) is 11.2. The molecule has 0 bridgehead atoms. The molecule has 0 saturated heterocycles. The minimum absolute atomic E-state index is 0.401. The summed E-state index contributed by atoms with van der Waals surface area (Å²) in [4.78, 5) is 17.6. The molecule has 1 aromatic carbocycles. The molecule has 0 fully saturated rings. The van der Waals surface area contributed by atoms with Gasteiger partial charge in [-0.2, -0.15) is 5.26 Å². The van der Waals surface area contributed by atoms with E-state index in [1.165, 1.54) is 7.11 Å². The number of rotatable bonds is 3. The predicted octanol–water partition coefficient (Wildman–Crippen LogP) is 2.51. The van der Waals surface area contributed by atoms with Gasteiger partial charge in [-0.1, -0.05) is 0 Å². The lowest BCUT2D eigenvalue weighted by Crippen LogP contribution is -2.12. The van der Waals surface area contributed by atoms with E-state index in [1.54, 1.807) is 30.5 Å². The number of esters is 1. The van der Waals surface area contributed by atoms with Crippen LogP contribution in [0.25, 0.3) is 0 Å². The van der Waals surface area contributed by atoms with E-state index in [1.807, 2.05) is 24.1 Å². The van der Waals surface area contributed by atoms with E-state index in [4.69, 9.17) is 5.26 Å².